The Hall–Kier alpha value is -3.42. The zero-order valence-electron chi connectivity index (χ0n) is 27.9. The molecule has 18 nitrogen and oxygen atoms in total. The second kappa shape index (κ2) is 31.2. The summed E-state index contributed by atoms with van der Waals surface area (Å²) in [6, 6.07) is -0.833. The monoisotopic (exact) mass is 678 g/mol. The second-order valence-electron chi connectivity index (χ2n) is 9.89. The molecule has 6 N–H and O–H groups in total. The summed E-state index contributed by atoms with van der Waals surface area (Å²) in [5, 5.41) is 15.8. The van der Waals surface area contributed by atoms with Crippen LogP contribution in [0.5, 0.6) is 0 Å². The van der Waals surface area contributed by atoms with E-state index < -0.39 is 17.9 Å². The molecule has 0 aromatic heterocycles. The molecule has 0 aliphatic rings. The summed E-state index contributed by atoms with van der Waals surface area (Å²) in [6.07, 6.45) is 1.41. The van der Waals surface area contributed by atoms with Gasteiger partial charge < -0.3 is 60.3 Å². The number of amides is 6. The third kappa shape index (κ3) is 31.0. The summed E-state index contributed by atoms with van der Waals surface area (Å²) in [6.45, 7) is 5.95. The van der Waals surface area contributed by atoms with Gasteiger partial charge in [-0.15, -0.1) is 0 Å². The maximum Gasteiger partial charge on any atom is 0.246 e. The Labute approximate surface area is 276 Å². The number of carbonyl (C=O) groups excluding carboxylic acids is 6. The molecule has 47 heavy (non-hydrogen) atoms. The van der Waals surface area contributed by atoms with Crippen molar-refractivity contribution < 1.29 is 57.2 Å². The van der Waals surface area contributed by atoms with E-state index in [1.807, 2.05) is 0 Å². The normalized spacial score (nSPS) is 11.3. The first-order valence-corrected chi connectivity index (χ1v) is 15.6. The molecule has 0 rings (SSSR count). The van der Waals surface area contributed by atoms with Gasteiger partial charge in [-0.2, -0.15) is 0 Å². The molecule has 0 spiro atoms. The molecule has 1 unspecified atom stereocenters. The summed E-state index contributed by atoms with van der Waals surface area (Å²) in [5.74, 6) is -1.68. The van der Waals surface area contributed by atoms with Crippen molar-refractivity contribution in [2.45, 2.75) is 39.2 Å². The average Bonchev–Trinajstić information content (AvgIpc) is 3.03. The molecule has 1 atom stereocenters. The zero-order chi connectivity index (χ0) is 35.0. The summed E-state index contributed by atoms with van der Waals surface area (Å²) < 4.78 is 31.7. The highest BCUT2D eigenvalue weighted by Gasteiger charge is 2.20. The number of carbonyl (C=O) groups is 6. The van der Waals surface area contributed by atoms with Crippen LogP contribution < -0.4 is 31.9 Å². The molecule has 0 bridgehead atoms. The molecular formula is C29H54N6O12. The van der Waals surface area contributed by atoms with E-state index in [0.29, 0.717) is 58.7 Å². The highest BCUT2D eigenvalue weighted by atomic mass is 16.5. The van der Waals surface area contributed by atoms with Crippen molar-refractivity contribution in [3.8, 4) is 0 Å². The van der Waals surface area contributed by atoms with Crippen molar-refractivity contribution in [2.75, 3.05) is 113 Å². The van der Waals surface area contributed by atoms with E-state index in [4.69, 9.17) is 28.4 Å². The number of likely N-dealkylation sites (N-methyl/N-ethyl adjacent to an activating group) is 1. The lowest BCUT2D eigenvalue weighted by Gasteiger charge is -2.19. The Morgan fingerprint density at radius 1 is 0.489 bits per heavy atom. The molecule has 0 fully saturated rings. The Morgan fingerprint density at radius 3 is 1.43 bits per heavy atom. The molecule has 18 heteroatoms. The Kier molecular flexibility index (Phi) is 28.9. The van der Waals surface area contributed by atoms with Gasteiger partial charge in [0.2, 0.25) is 35.4 Å². The minimum atomic E-state index is -0.833. The fourth-order valence-corrected chi connectivity index (χ4v) is 3.45. The number of nitrogens with one attached hydrogen (secondary N) is 6. The fraction of sp³-hybridized carbons (Fsp3) is 0.793. The molecule has 0 saturated heterocycles. The van der Waals surface area contributed by atoms with E-state index in [0.717, 1.165) is 0 Å². The standard InChI is InChI=1S/C29H54N6O12/c1-23(36)31-8-11-42-15-18-46-21-27(39)33-7-5-4-6-25(29(41)34-10-13-44-14-17-45-20-26(38)30-3)35-28(40)22-47-19-16-43-12-9-32-24(2)37/h25H,4-22H2,1-3H3,(H,30,38)(H,31,36)(H,32,37)(H,33,39)(H,34,41)(H,35,40). The molecule has 0 saturated carbocycles. The van der Waals surface area contributed by atoms with Crippen LogP contribution in [0.2, 0.25) is 0 Å². The maximum atomic E-state index is 12.8. The predicted molar refractivity (Wildman–Crippen MR) is 168 cm³/mol. The minimum Gasteiger partial charge on any atom is -0.377 e. The number of hydrogen-bond acceptors (Lipinski definition) is 12. The second-order valence-corrected chi connectivity index (χ2v) is 9.89. The van der Waals surface area contributed by atoms with Crippen molar-refractivity contribution in [1.82, 2.24) is 31.9 Å². The van der Waals surface area contributed by atoms with Crippen molar-refractivity contribution >= 4 is 35.4 Å². The van der Waals surface area contributed by atoms with E-state index >= 15 is 0 Å². The van der Waals surface area contributed by atoms with E-state index in [2.05, 4.69) is 31.9 Å². The maximum absolute atomic E-state index is 12.8. The van der Waals surface area contributed by atoms with E-state index in [1.54, 1.807) is 0 Å². The van der Waals surface area contributed by atoms with Crippen molar-refractivity contribution in [1.29, 1.82) is 0 Å². The lowest BCUT2D eigenvalue weighted by molar-refractivity contribution is -0.132. The van der Waals surface area contributed by atoms with Gasteiger partial charge in [0.15, 0.2) is 0 Å². The molecule has 6 amide bonds. The fourth-order valence-electron chi connectivity index (χ4n) is 3.45. The lowest BCUT2D eigenvalue weighted by Crippen LogP contribution is -2.48. The summed E-state index contributed by atoms with van der Waals surface area (Å²) in [7, 11) is 1.51. The van der Waals surface area contributed by atoms with Gasteiger partial charge in [-0.1, -0.05) is 0 Å². The summed E-state index contributed by atoms with van der Waals surface area (Å²) in [4.78, 5) is 70.0. The highest BCUT2D eigenvalue weighted by Crippen LogP contribution is 2.02. The van der Waals surface area contributed by atoms with Crippen LogP contribution in [-0.2, 0) is 57.2 Å². The van der Waals surface area contributed by atoms with E-state index in [1.165, 1.54) is 20.9 Å². The number of unbranched alkanes of at least 4 members (excludes halogenated alkanes) is 1. The highest BCUT2D eigenvalue weighted by molar-refractivity contribution is 5.88. The van der Waals surface area contributed by atoms with Crippen molar-refractivity contribution in [2.24, 2.45) is 0 Å². The molecule has 0 aliphatic heterocycles. The van der Waals surface area contributed by atoms with E-state index in [-0.39, 0.29) is 89.6 Å². The third-order valence-corrected chi connectivity index (χ3v) is 5.77. The van der Waals surface area contributed by atoms with Crippen LogP contribution in [0.3, 0.4) is 0 Å². The molecule has 0 aromatic rings. The Morgan fingerprint density at radius 2 is 0.936 bits per heavy atom. The molecule has 0 aromatic carbocycles. The van der Waals surface area contributed by atoms with Gasteiger partial charge in [-0.25, -0.2) is 0 Å². The average molecular weight is 679 g/mol. The van der Waals surface area contributed by atoms with Crippen LogP contribution in [0.1, 0.15) is 33.1 Å². The lowest BCUT2D eigenvalue weighted by atomic mass is 10.1. The molecular weight excluding hydrogens is 624 g/mol. The van der Waals surface area contributed by atoms with Gasteiger partial charge in [0.1, 0.15) is 25.9 Å². The number of hydrogen-bond donors (Lipinski definition) is 6. The van der Waals surface area contributed by atoms with Crippen LogP contribution in [0.25, 0.3) is 0 Å². The topological polar surface area (TPSA) is 230 Å². The van der Waals surface area contributed by atoms with Gasteiger partial charge in [0.05, 0.1) is 59.5 Å². The van der Waals surface area contributed by atoms with Gasteiger partial charge in [-0.3, -0.25) is 28.8 Å². The summed E-state index contributed by atoms with van der Waals surface area (Å²) >= 11 is 0. The van der Waals surface area contributed by atoms with Crippen molar-refractivity contribution in [3.05, 3.63) is 0 Å². The molecule has 272 valence electrons. The van der Waals surface area contributed by atoms with Crippen LogP contribution in [0.15, 0.2) is 0 Å². The number of rotatable bonds is 31. The van der Waals surface area contributed by atoms with Gasteiger partial charge in [-0.05, 0) is 19.3 Å². The molecule has 0 radical (unpaired) electrons. The van der Waals surface area contributed by atoms with Crippen LogP contribution in [0, 0.1) is 0 Å². The Bertz CT molecular complexity index is 896. The number of ether oxygens (including phenoxy) is 6. The zero-order valence-corrected chi connectivity index (χ0v) is 27.9. The largest absolute Gasteiger partial charge is 0.377 e. The van der Waals surface area contributed by atoms with Crippen LogP contribution in [0.4, 0.5) is 0 Å². The minimum absolute atomic E-state index is 0.0662. The van der Waals surface area contributed by atoms with Crippen LogP contribution in [-0.4, -0.2) is 154 Å². The van der Waals surface area contributed by atoms with E-state index in [9.17, 15) is 28.8 Å². The first-order chi connectivity index (χ1) is 22.6. The predicted octanol–water partition coefficient (Wildman–Crippen LogP) is -3.01. The molecule has 0 aliphatic carbocycles. The van der Waals surface area contributed by atoms with Gasteiger partial charge in [0.25, 0.3) is 0 Å². The molecule has 0 heterocycles. The third-order valence-electron chi connectivity index (χ3n) is 5.77. The summed E-state index contributed by atoms with van der Waals surface area (Å²) in [5.41, 5.74) is 0. The smallest absolute Gasteiger partial charge is 0.246 e. The van der Waals surface area contributed by atoms with Gasteiger partial charge in [0, 0.05) is 47.1 Å². The van der Waals surface area contributed by atoms with Gasteiger partial charge >= 0.3 is 0 Å². The Balaban J connectivity index is 4.37. The SMILES string of the molecule is CNC(=O)COCCOCCNC(=O)C(CCCCNC(=O)COCCOCCNC(C)=O)NC(=O)COCCOCCNC(C)=O. The first-order valence-electron chi connectivity index (χ1n) is 15.6. The quantitative estimate of drug-likeness (QED) is 0.0403. The first kappa shape index (κ1) is 43.6. The van der Waals surface area contributed by atoms with Crippen LogP contribution >= 0.6 is 0 Å². The van der Waals surface area contributed by atoms with Crippen molar-refractivity contribution in [3.63, 3.8) is 0 Å².